The van der Waals surface area contributed by atoms with Gasteiger partial charge >= 0.3 is 5.51 Å². The molecule has 0 bridgehead atoms. The Morgan fingerprint density at radius 1 is 1.12 bits per heavy atom. The molecule has 4 aromatic rings. The van der Waals surface area contributed by atoms with Gasteiger partial charge in [0.1, 0.15) is 11.9 Å². The third-order valence-electron chi connectivity index (χ3n) is 5.12. The number of nitrogens with zero attached hydrogens (tertiary/aromatic N) is 3. The summed E-state index contributed by atoms with van der Waals surface area (Å²) in [5, 5.41) is 9.43. The van der Waals surface area contributed by atoms with Gasteiger partial charge in [0.25, 0.3) is 0 Å². The molecule has 0 fully saturated rings. The van der Waals surface area contributed by atoms with Crippen LogP contribution < -0.4 is 4.74 Å². The lowest BCUT2D eigenvalue weighted by atomic mass is 10.0. The van der Waals surface area contributed by atoms with Gasteiger partial charge in [0.2, 0.25) is 16.9 Å². The number of aryl methyl sites for hydroxylation is 1. The first-order chi connectivity index (χ1) is 15.7. The van der Waals surface area contributed by atoms with Crippen LogP contribution in [0.1, 0.15) is 11.1 Å². The average Bonchev–Trinajstić information content (AvgIpc) is 3.16. The first-order valence-electron chi connectivity index (χ1n) is 9.50. The third-order valence-corrected chi connectivity index (χ3v) is 6.24. The van der Waals surface area contributed by atoms with Crippen LogP contribution in [0.15, 0.2) is 54.7 Å². The number of nitriles is 1. The molecule has 0 amide bonds. The highest BCUT2D eigenvalue weighted by molar-refractivity contribution is 7.84. The standard InChI is InChI=1S/C23H15F4N3O2S/c1-13-8-21(32-2)29-12-18(13)14-6-7-19-16(9-14)10-20(30(19)33(31)23(25,26)27)17-5-3-4-15(11-28)22(17)24/h3-10,12H,1-2H3. The van der Waals surface area contributed by atoms with Gasteiger partial charge < -0.3 is 4.74 Å². The summed E-state index contributed by atoms with van der Waals surface area (Å²) in [5.41, 5.74) is -3.72. The molecular formula is C23H15F4N3O2S. The highest BCUT2D eigenvalue weighted by Crippen LogP contribution is 2.37. The van der Waals surface area contributed by atoms with Crippen molar-refractivity contribution >= 4 is 21.9 Å². The Balaban J connectivity index is 1.98. The number of hydrogen-bond donors (Lipinski definition) is 0. The maximum Gasteiger partial charge on any atom is 0.491 e. The van der Waals surface area contributed by atoms with E-state index in [1.54, 1.807) is 30.5 Å². The van der Waals surface area contributed by atoms with E-state index in [1.807, 2.05) is 6.92 Å². The smallest absolute Gasteiger partial charge is 0.481 e. The number of methoxy groups -OCH3 is 1. The number of aromatic nitrogens is 2. The van der Waals surface area contributed by atoms with E-state index in [4.69, 9.17) is 10.00 Å². The predicted octanol–water partition coefficient (Wildman–Crippen LogP) is 5.73. The highest BCUT2D eigenvalue weighted by atomic mass is 32.2. The third kappa shape index (κ3) is 3.96. The topological polar surface area (TPSA) is 67.9 Å². The Bertz CT molecular complexity index is 1450. The van der Waals surface area contributed by atoms with E-state index in [2.05, 4.69) is 4.98 Å². The molecule has 0 saturated heterocycles. The van der Waals surface area contributed by atoms with Crippen LogP contribution in [0.3, 0.4) is 0 Å². The van der Waals surface area contributed by atoms with Crippen LogP contribution in [0, 0.1) is 24.1 Å². The monoisotopic (exact) mass is 473 g/mol. The molecule has 4 rings (SSSR count). The van der Waals surface area contributed by atoms with Crippen LogP contribution in [0.25, 0.3) is 33.3 Å². The first kappa shape index (κ1) is 22.5. The van der Waals surface area contributed by atoms with Crippen LogP contribution in [0.5, 0.6) is 5.88 Å². The van der Waals surface area contributed by atoms with Gasteiger partial charge in [0, 0.05) is 28.8 Å². The van der Waals surface area contributed by atoms with Gasteiger partial charge in [-0.1, -0.05) is 12.1 Å². The second kappa shape index (κ2) is 8.33. The number of ether oxygens (including phenoxy) is 1. The summed E-state index contributed by atoms with van der Waals surface area (Å²) in [5.74, 6) is -0.571. The molecule has 5 nitrogen and oxygen atoms in total. The Hall–Kier alpha value is -3.71. The molecule has 0 spiro atoms. The Labute approximate surface area is 188 Å². The average molecular weight is 473 g/mol. The minimum Gasteiger partial charge on any atom is -0.481 e. The summed E-state index contributed by atoms with van der Waals surface area (Å²) in [6.45, 7) is 1.84. The van der Waals surface area contributed by atoms with Crippen LogP contribution in [0.2, 0.25) is 0 Å². The molecule has 1 unspecified atom stereocenters. The van der Waals surface area contributed by atoms with Gasteiger partial charge in [0.05, 0.1) is 23.9 Å². The highest BCUT2D eigenvalue weighted by Gasteiger charge is 2.40. The minimum atomic E-state index is -5.08. The summed E-state index contributed by atoms with van der Waals surface area (Å²) < 4.78 is 73.3. The van der Waals surface area contributed by atoms with Crippen molar-refractivity contribution in [2.75, 3.05) is 7.11 Å². The van der Waals surface area contributed by atoms with E-state index >= 15 is 0 Å². The van der Waals surface area contributed by atoms with Crippen molar-refractivity contribution in [1.82, 2.24) is 8.96 Å². The Morgan fingerprint density at radius 2 is 1.88 bits per heavy atom. The summed E-state index contributed by atoms with van der Waals surface area (Å²) >= 11 is 0. The summed E-state index contributed by atoms with van der Waals surface area (Å²) in [4.78, 5) is 4.17. The predicted molar refractivity (Wildman–Crippen MR) is 116 cm³/mol. The fourth-order valence-corrected chi connectivity index (χ4v) is 4.47. The van der Waals surface area contributed by atoms with Crippen molar-refractivity contribution in [3.05, 3.63) is 71.7 Å². The first-order valence-corrected chi connectivity index (χ1v) is 10.6. The molecule has 2 aromatic heterocycles. The van der Waals surface area contributed by atoms with E-state index in [-0.39, 0.29) is 22.3 Å². The molecule has 0 N–H and O–H groups in total. The van der Waals surface area contributed by atoms with Crippen molar-refractivity contribution in [2.24, 2.45) is 0 Å². The quantitative estimate of drug-likeness (QED) is 0.355. The molecule has 0 saturated carbocycles. The van der Waals surface area contributed by atoms with Gasteiger partial charge in [-0.05, 0) is 48.4 Å². The number of fused-ring (bicyclic) bond motifs is 1. The molecule has 10 heteroatoms. The second-order valence-corrected chi connectivity index (χ2v) is 8.44. The van der Waals surface area contributed by atoms with E-state index in [1.165, 1.54) is 37.4 Å². The fraction of sp³-hybridized carbons (Fsp3) is 0.130. The number of halogens is 4. The van der Waals surface area contributed by atoms with Crippen LogP contribution in [-0.2, 0) is 11.0 Å². The van der Waals surface area contributed by atoms with Gasteiger partial charge in [-0.2, -0.15) is 18.4 Å². The normalized spacial score (nSPS) is 12.5. The zero-order valence-electron chi connectivity index (χ0n) is 17.3. The summed E-state index contributed by atoms with van der Waals surface area (Å²) in [6, 6.07) is 13.1. The van der Waals surface area contributed by atoms with Crippen molar-refractivity contribution < 1.29 is 26.5 Å². The fourth-order valence-electron chi connectivity index (χ4n) is 3.59. The molecule has 168 valence electrons. The van der Waals surface area contributed by atoms with Crippen molar-refractivity contribution in [1.29, 1.82) is 5.26 Å². The van der Waals surface area contributed by atoms with Crippen molar-refractivity contribution in [3.8, 4) is 34.3 Å². The summed E-state index contributed by atoms with van der Waals surface area (Å²) in [6.07, 6.45) is 1.58. The maximum absolute atomic E-state index is 14.9. The number of rotatable bonds is 4. The van der Waals surface area contributed by atoms with Gasteiger partial charge in [0.15, 0.2) is 0 Å². The second-order valence-electron chi connectivity index (χ2n) is 7.11. The SMILES string of the molecule is COc1cc(C)c(-c2ccc3c(c2)cc(-c2cccc(C#N)c2F)n3S(=O)C(F)(F)F)cn1. The van der Waals surface area contributed by atoms with Crippen molar-refractivity contribution in [2.45, 2.75) is 12.4 Å². The molecule has 2 heterocycles. The van der Waals surface area contributed by atoms with Gasteiger partial charge in [-0.3, -0.25) is 3.97 Å². The Morgan fingerprint density at radius 3 is 2.52 bits per heavy atom. The molecule has 0 aliphatic carbocycles. The molecule has 1 atom stereocenters. The number of benzene rings is 2. The summed E-state index contributed by atoms with van der Waals surface area (Å²) in [7, 11) is -2.01. The van der Waals surface area contributed by atoms with E-state index in [9.17, 15) is 21.8 Å². The maximum atomic E-state index is 14.9. The van der Waals surface area contributed by atoms with Crippen LogP contribution >= 0.6 is 0 Å². The van der Waals surface area contributed by atoms with E-state index in [0.717, 1.165) is 11.1 Å². The van der Waals surface area contributed by atoms with Crippen LogP contribution in [0.4, 0.5) is 17.6 Å². The number of hydrogen-bond acceptors (Lipinski definition) is 4. The largest absolute Gasteiger partial charge is 0.491 e. The zero-order valence-corrected chi connectivity index (χ0v) is 18.1. The van der Waals surface area contributed by atoms with Crippen LogP contribution in [-0.4, -0.2) is 25.8 Å². The molecule has 0 aliphatic rings. The lowest BCUT2D eigenvalue weighted by Gasteiger charge is -2.13. The molecule has 33 heavy (non-hydrogen) atoms. The van der Waals surface area contributed by atoms with Gasteiger partial charge in [-0.25, -0.2) is 13.6 Å². The number of pyridine rings is 1. The lowest BCUT2D eigenvalue weighted by molar-refractivity contribution is -0.0391. The zero-order chi connectivity index (χ0) is 23.9. The molecule has 0 radical (unpaired) electrons. The van der Waals surface area contributed by atoms with Gasteiger partial charge in [-0.15, -0.1) is 0 Å². The Kier molecular flexibility index (Phi) is 5.68. The van der Waals surface area contributed by atoms with Crippen molar-refractivity contribution in [3.63, 3.8) is 0 Å². The molecular weight excluding hydrogens is 458 g/mol. The van der Waals surface area contributed by atoms with E-state index in [0.29, 0.717) is 20.8 Å². The van der Waals surface area contributed by atoms with E-state index < -0.39 is 22.3 Å². The molecule has 2 aromatic carbocycles. The lowest BCUT2D eigenvalue weighted by Crippen LogP contribution is -2.23. The molecule has 0 aliphatic heterocycles. The number of alkyl halides is 3. The minimum absolute atomic E-state index is 0.00490.